The highest BCUT2D eigenvalue weighted by Gasteiger charge is 2.50. The lowest BCUT2D eigenvalue weighted by Crippen LogP contribution is -2.38. The molecule has 0 saturated carbocycles. The van der Waals surface area contributed by atoms with Crippen LogP contribution in [0.4, 0.5) is 0 Å². The van der Waals surface area contributed by atoms with Gasteiger partial charge in [-0.25, -0.2) is 0 Å². The van der Waals surface area contributed by atoms with E-state index < -0.39 is 13.2 Å². The third kappa shape index (κ3) is 4.39. The molecule has 0 aromatic heterocycles. The zero-order valence-electron chi connectivity index (χ0n) is 21.8. The summed E-state index contributed by atoms with van der Waals surface area (Å²) in [6.45, 7) is 0. The average molecular weight is 539 g/mol. The van der Waals surface area contributed by atoms with E-state index in [0.29, 0.717) is 22.9 Å². The smallest absolute Gasteiger partial charge is 0.189 e. The van der Waals surface area contributed by atoms with Gasteiger partial charge in [0.05, 0.1) is 12.1 Å². The van der Waals surface area contributed by atoms with Crippen LogP contribution >= 0.6 is 7.26 Å². The predicted molar refractivity (Wildman–Crippen MR) is 162 cm³/mol. The second-order valence-electron chi connectivity index (χ2n) is 9.90. The first-order valence-corrected chi connectivity index (χ1v) is 15.3. The highest BCUT2D eigenvalue weighted by atomic mass is 31.2. The number of fused-ring (bicyclic) bond motifs is 1. The van der Waals surface area contributed by atoms with Gasteiger partial charge in [0.1, 0.15) is 23.2 Å². The van der Waals surface area contributed by atoms with E-state index in [0.717, 1.165) is 15.9 Å². The van der Waals surface area contributed by atoms with Crippen LogP contribution in [-0.2, 0) is 0 Å². The third-order valence-electron chi connectivity index (χ3n) is 7.68. The SMILES string of the molecule is O=C1C(C(C[P+](c2ccccc2)(c2ccccc2)c2ccccc2)C(=O)c2ccccc2)=C([O-])c2ccccc21. The van der Waals surface area contributed by atoms with Gasteiger partial charge in [-0.05, 0) is 42.0 Å². The standard InChI is InChI=1S/C36H27O3P/c37-34(26-15-5-1-6-16-26)32(33-35(38)30-23-13-14-24-31(30)36(33)39)25-40(27-17-7-2-8-18-27,28-19-9-3-10-20-28)29-21-11-4-12-22-29/h1-24,32H,25H2. The molecule has 0 amide bonds. The number of hydrogen-bond acceptors (Lipinski definition) is 3. The lowest BCUT2D eigenvalue weighted by molar-refractivity contribution is -0.244. The molecule has 0 aliphatic heterocycles. The van der Waals surface area contributed by atoms with Gasteiger partial charge in [-0.1, -0.05) is 115 Å². The summed E-state index contributed by atoms with van der Waals surface area (Å²) in [6.07, 6.45) is 0.319. The largest absolute Gasteiger partial charge is 0.872 e. The Kier molecular flexibility index (Phi) is 6.99. The molecule has 5 aromatic rings. The van der Waals surface area contributed by atoms with E-state index >= 15 is 0 Å². The van der Waals surface area contributed by atoms with Crippen molar-refractivity contribution in [1.82, 2.24) is 0 Å². The fourth-order valence-corrected chi connectivity index (χ4v) is 10.2. The second-order valence-corrected chi connectivity index (χ2v) is 13.4. The number of allylic oxidation sites excluding steroid dienone is 1. The normalized spacial score (nSPS) is 13.7. The van der Waals surface area contributed by atoms with E-state index in [2.05, 4.69) is 36.4 Å². The van der Waals surface area contributed by atoms with Gasteiger partial charge in [0.2, 0.25) is 0 Å². The predicted octanol–water partition coefficient (Wildman–Crippen LogP) is 5.45. The molecule has 1 atom stereocenters. The highest BCUT2D eigenvalue weighted by molar-refractivity contribution is 7.95. The first-order valence-electron chi connectivity index (χ1n) is 13.3. The Labute approximate surface area is 234 Å². The summed E-state index contributed by atoms with van der Waals surface area (Å²) in [7, 11) is -2.53. The number of Topliss-reactive ketones (excluding diaryl/α,β-unsaturated/α-hetero) is 2. The number of carbonyl (C=O) groups excluding carboxylic acids is 2. The van der Waals surface area contributed by atoms with Gasteiger partial charge in [0.25, 0.3) is 0 Å². The summed E-state index contributed by atoms with van der Waals surface area (Å²) < 4.78 is 0. The number of hydrogen-bond donors (Lipinski definition) is 0. The molecule has 0 spiro atoms. The molecule has 6 rings (SSSR count). The molecule has 0 bridgehead atoms. The van der Waals surface area contributed by atoms with E-state index in [1.54, 1.807) is 36.4 Å². The van der Waals surface area contributed by atoms with Gasteiger partial charge < -0.3 is 5.11 Å². The van der Waals surface area contributed by atoms with Crippen molar-refractivity contribution < 1.29 is 14.7 Å². The van der Waals surface area contributed by atoms with Crippen LogP contribution in [0.25, 0.3) is 5.76 Å². The van der Waals surface area contributed by atoms with Crippen LogP contribution in [0.5, 0.6) is 0 Å². The summed E-state index contributed by atoms with van der Waals surface area (Å²) >= 11 is 0. The van der Waals surface area contributed by atoms with Crippen molar-refractivity contribution in [1.29, 1.82) is 0 Å². The first kappa shape index (κ1) is 25.7. The van der Waals surface area contributed by atoms with Crippen molar-refractivity contribution in [3.05, 3.63) is 168 Å². The Morgan fingerprint density at radius 3 is 1.43 bits per heavy atom. The molecule has 0 N–H and O–H groups in total. The van der Waals surface area contributed by atoms with Crippen molar-refractivity contribution in [2.45, 2.75) is 0 Å². The van der Waals surface area contributed by atoms with E-state index in [1.165, 1.54) is 0 Å². The van der Waals surface area contributed by atoms with E-state index in [9.17, 15) is 14.7 Å². The topological polar surface area (TPSA) is 57.2 Å². The molecule has 4 heteroatoms. The molecular formula is C36H27O3P. The maximum atomic E-state index is 14.4. The minimum atomic E-state index is -2.53. The molecule has 0 heterocycles. The van der Waals surface area contributed by atoms with Crippen LogP contribution in [0, 0.1) is 5.92 Å². The minimum Gasteiger partial charge on any atom is -0.872 e. The molecular weight excluding hydrogens is 511 g/mol. The van der Waals surface area contributed by atoms with Gasteiger partial charge in [0, 0.05) is 16.7 Å². The number of carbonyl (C=O) groups is 2. The number of benzene rings is 5. The molecule has 5 aromatic carbocycles. The molecule has 0 saturated heterocycles. The molecule has 1 unspecified atom stereocenters. The Hall–Kier alpha value is -4.59. The maximum absolute atomic E-state index is 14.4. The Bertz CT molecular complexity index is 1600. The van der Waals surface area contributed by atoms with Crippen LogP contribution < -0.4 is 21.0 Å². The Morgan fingerprint density at radius 2 is 0.975 bits per heavy atom. The summed E-state index contributed by atoms with van der Waals surface area (Å²) in [5.74, 6) is -1.83. The van der Waals surface area contributed by atoms with Crippen molar-refractivity contribution in [2.75, 3.05) is 6.16 Å². The fraction of sp³-hybridized carbons (Fsp3) is 0.0556. The molecule has 0 radical (unpaired) electrons. The minimum absolute atomic E-state index is 0.0715. The highest BCUT2D eigenvalue weighted by Crippen LogP contribution is 2.58. The zero-order chi connectivity index (χ0) is 27.5. The van der Waals surface area contributed by atoms with E-state index in [-0.39, 0.29) is 22.9 Å². The van der Waals surface area contributed by atoms with Crippen molar-refractivity contribution in [3.63, 3.8) is 0 Å². The second kappa shape index (κ2) is 10.9. The molecule has 0 fully saturated rings. The number of rotatable bonds is 8. The van der Waals surface area contributed by atoms with Crippen LogP contribution in [0.15, 0.2) is 151 Å². The van der Waals surface area contributed by atoms with Gasteiger partial charge in [-0.3, -0.25) is 9.59 Å². The fourth-order valence-electron chi connectivity index (χ4n) is 5.78. The van der Waals surface area contributed by atoms with E-state index in [4.69, 9.17) is 0 Å². The number of ketones is 2. The van der Waals surface area contributed by atoms with Gasteiger partial charge >= 0.3 is 0 Å². The quantitative estimate of drug-likeness (QED) is 0.195. The average Bonchev–Trinajstić information content (AvgIpc) is 3.28. The van der Waals surface area contributed by atoms with Crippen LogP contribution in [0.1, 0.15) is 26.3 Å². The van der Waals surface area contributed by atoms with Gasteiger partial charge in [0.15, 0.2) is 11.6 Å². The van der Waals surface area contributed by atoms with Gasteiger partial charge in [-0.15, -0.1) is 0 Å². The van der Waals surface area contributed by atoms with Crippen LogP contribution in [0.3, 0.4) is 0 Å². The summed E-state index contributed by atoms with van der Waals surface area (Å²) in [4.78, 5) is 28.3. The first-order chi connectivity index (χ1) is 19.6. The van der Waals surface area contributed by atoms with Gasteiger partial charge in [-0.2, -0.15) is 0 Å². The Balaban J connectivity index is 1.63. The van der Waals surface area contributed by atoms with E-state index in [1.807, 2.05) is 72.8 Å². The monoisotopic (exact) mass is 538 g/mol. The summed E-state index contributed by atoms with van der Waals surface area (Å²) in [5, 5.41) is 17.2. The molecule has 1 aliphatic rings. The summed E-state index contributed by atoms with van der Waals surface area (Å²) in [5.41, 5.74) is 1.30. The lowest BCUT2D eigenvalue weighted by atomic mass is 9.89. The zero-order valence-corrected chi connectivity index (χ0v) is 22.7. The molecule has 194 valence electrons. The van der Waals surface area contributed by atoms with Crippen LogP contribution in [-0.4, -0.2) is 17.7 Å². The molecule has 40 heavy (non-hydrogen) atoms. The third-order valence-corrected chi connectivity index (χ3v) is 12.1. The molecule has 3 nitrogen and oxygen atoms in total. The Morgan fingerprint density at radius 1 is 0.575 bits per heavy atom. The maximum Gasteiger partial charge on any atom is 0.189 e. The summed E-state index contributed by atoms with van der Waals surface area (Å²) in [6, 6.07) is 46.6. The van der Waals surface area contributed by atoms with Crippen molar-refractivity contribution in [3.8, 4) is 0 Å². The van der Waals surface area contributed by atoms with Crippen LogP contribution in [0.2, 0.25) is 0 Å². The lowest BCUT2D eigenvalue weighted by Gasteiger charge is -2.32. The van der Waals surface area contributed by atoms with Crippen molar-refractivity contribution in [2.24, 2.45) is 5.92 Å². The molecule has 1 aliphatic carbocycles. The van der Waals surface area contributed by atoms with Crippen molar-refractivity contribution >= 4 is 40.5 Å².